The fraction of sp³-hybridized carbons (Fsp3) is 0.231. The van der Waals surface area contributed by atoms with Crippen molar-refractivity contribution in [3.8, 4) is 0 Å². The summed E-state index contributed by atoms with van der Waals surface area (Å²) in [7, 11) is 1.84. The summed E-state index contributed by atoms with van der Waals surface area (Å²) in [6, 6.07) is 7.48. The second-order valence-electron chi connectivity index (χ2n) is 4.12. The van der Waals surface area contributed by atoms with Gasteiger partial charge in [0.2, 0.25) is 0 Å². The van der Waals surface area contributed by atoms with Crippen LogP contribution in [0.15, 0.2) is 30.5 Å². The van der Waals surface area contributed by atoms with E-state index in [4.69, 9.17) is 10.5 Å². The number of benzene rings is 1. The van der Waals surface area contributed by atoms with Crippen molar-refractivity contribution >= 4 is 22.8 Å². The standard InChI is InChI=1S/C13H14N2O3/c1-8(12(14)16)18-13(17)10-7-15(2)11-6-4-3-5-9(10)11/h3-8H,1-2H3,(H2,14,16). The fourth-order valence-electron chi connectivity index (χ4n) is 1.79. The maximum absolute atomic E-state index is 11.9. The molecule has 1 aromatic carbocycles. The molecule has 1 atom stereocenters. The third kappa shape index (κ3) is 2.07. The Balaban J connectivity index is 2.37. The van der Waals surface area contributed by atoms with Crippen LogP contribution in [0.3, 0.4) is 0 Å². The molecule has 5 nitrogen and oxygen atoms in total. The number of para-hydroxylation sites is 1. The number of aryl methyl sites for hydroxylation is 1. The molecule has 0 aliphatic carbocycles. The minimum absolute atomic E-state index is 0.432. The van der Waals surface area contributed by atoms with E-state index in [0.717, 1.165) is 10.9 Å². The van der Waals surface area contributed by atoms with Crippen LogP contribution in [-0.2, 0) is 16.6 Å². The van der Waals surface area contributed by atoms with Crippen molar-refractivity contribution < 1.29 is 14.3 Å². The van der Waals surface area contributed by atoms with Gasteiger partial charge in [0.15, 0.2) is 6.10 Å². The summed E-state index contributed by atoms with van der Waals surface area (Å²) in [6.45, 7) is 1.45. The zero-order chi connectivity index (χ0) is 13.3. The molecule has 0 saturated carbocycles. The summed E-state index contributed by atoms with van der Waals surface area (Å²) in [4.78, 5) is 22.8. The Morgan fingerprint density at radius 2 is 2.00 bits per heavy atom. The number of aromatic nitrogens is 1. The second-order valence-corrected chi connectivity index (χ2v) is 4.12. The summed E-state index contributed by atoms with van der Waals surface area (Å²) in [5, 5.41) is 0.793. The lowest BCUT2D eigenvalue weighted by atomic mass is 10.2. The van der Waals surface area contributed by atoms with Gasteiger partial charge in [-0.3, -0.25) is 4.79 Å². The molecule has 0 aliphatic rings. The molecule has 1 aromatic heterocycles. The lowest BCUT2D eigenvalue weighted by Gasteiger charge is -2.08. The minimum atomic E-state index is -0.934. The van der Waals surface area contributed by atoms with Gasteiger partial charge in [0, 0.05) is 24.1 Å². The Bertz CT molecular complexity index is 616. The number of esters is 1. The Kier molecular flexibility index (Phi) is 3.06. The van der Waals surface area contributed by atoms with Crippen LogP contribution < -0.4 is 5.73 Å². The van der Waals surface area contributed by atoms with Crippen molar-refractivity contribution in [3.05, 3.63) is 36.0 Å². The second kappa shape index (κ2) is 4.52. The molecule has 1 heterocycles. The first-order chi connectivity index (χ1) is 8.50. The summed E-state index contributed by atoms with van der Waals surface area (Å²) in [5.74, 6) is -1.21. The van der Waals surface area contributed by atoms with Crippen LogP contribution in [0.4, 0.5) is 0 Å². The van der Waals surface area contributed by atoms with Crippen molar-refractivity contribution in [3.63, 3.8) is 0 Å². The lowest BCUT2D eigenvalue weighted by Crippen LogP contribution is -2.30. The Morgan fingerprint density at radius 1 is 1.33 bits per heavy atom. The summed E-state index contributed by atoms with van der Waals surface area (Å²) < 4.78 is 6.83. The van der Waals surface area contributed by atoms with E-state index in [1.165, 1.54) is 6.92 Å². The van der Waals surface area contributed by atoms with E-state index in [9.17, 15) is 9.59 Å². The van der Waals surface area contributed by atoms with Crippen LogP contribution in [0.1, 0.15) is 17.3 Å². The molecular formula is C13H14N2O3. The Hall–Kier alpha value is -2.30. The van der Waals surface area contributed by atoms with Gasteiger partial charge in [0.1, 0.15) is 0 Å². The number of amides is 1. The highest BCUT2D eigenvalue weighted by atomic mass is 16.5. The normalized spacial score (nSPS) is 12.3. The minimum Gasteiger partial charge on any atom is -0.449 e. The number of carbonyl (C=O) groups excluding carboxylic acids is 2. The average molecular weight is 246 g/mol. The molecule has 5 heteroatoms. The maximum Gasteiger partial charge on any atom is 0.341 e. The highest BCUT2D eigenvalue weighted by molar-refractivity contribution is 6.05. The van der Waals surface area contributed by atoms with E-state index in [0.29, 0.717) is 5.56 Å². The van der Waals surface area contributed by atoms with E-state index < -0.39 is 18.0 Å². The molecule has 2 aromatic rings. The summed E-state index contributed by atoms with van der Waals surface area (Å²) >= 11 is 0. The molecule has 0 aliphatic heterocycles. The van der Waals surface area contributed by atoms with Crippen LogP contribution in [0.25, 0.3) is 10.9 Å². The number of rotatable bonds is 3. The Morgan fingerprint density at radius 3 is 2.67 bits per heavy atom. The smallest absolute Gasteiger partial charge is 0.341 e. The molecule has 0 spiro atoms. The van der Waals surface area contributed by atoms with E-state index in [2.05, 4.69) is 0 Å². The molecule has 1 unspecified atom stereocenters. The number of hydrogen-bond acceptors (Lipinski definition) is 3. The maximum atomic E-state index is 11.9. The molecule has 0 bridgehead atoms. The molecule has 0 saturated heterocycles. The van der Waals surface area contributed by atoms with Crippen molar-refractivity contribution in [1.29, 1.82) is 0 Å². The monoisotopic (exact) mass is 246 g/mol. The molecular weight excluding hydrogens is 232 g/mol. The van der Waals surface area contributed by atoms with Crippen LogP contribution in [0.5, 0.6) is 0 Å². The number of nitrogens with two attached hydrogens (primary N) is 1. The van der Waals surface area contributed by atoms with Crippen LogP contribution in [0.2, 0.25) is 0 Å². The van der Waals surface area contributed by atoms with Crippen molar-refractivity contribution in [2.24, 2.45) is 12.8 Å². The summed E-state index contributed by atoms with van der Waals surface area (Å²) in [5.41, 5.74) is 6.42. The number of nitrogens with zero attached hydrogens (tertiary/aromatic N) is 1. The molecule has 0 fully saturated rings. The highest BCUT2D eigenvalue weighted by Gasteiger charge is 2.19. The number of fused-ring (bicyclic) bond motifs is 1. The van der Waals surface area contributed by atoms with Gasteiger partial charge >= 0.3 is 5.97 Å². The first kappa shape index (κ1) is 12.2. The third-order valence-electron chi connectivity index (χ3n) is 2.80. The number of hydrogen-bond donors (Lipinski definition) is 1. The zero-order valence-electron chi connectivity index (χ0n) is 10.2. The molecule has 0 radical (unpaired) electrons. The van der Waals surface area contributed by atoms with Crippen LogP contribution in [-0.4, -0.2) is 22.5 Å². The SMILES string of the molecule is CC(OC(=O)c1cn(C)c2ccccc12)C(N)=O. The van der Waals surface area contributed by atoms with Crippen molar-refractivity contribution in [1.82, 2.24) is 4.57 Å². The third-order valence-corrected chi connectivity index (χ3v) is 2.80. The predicted molar refractivity (Wildman–Crippen MR) is 67.0 cm³/mol. The van der Waals surface area contributed by atoms with Gasteiger partial charge in [-0.1, -0.05) is 18.2 Å². The van der Waals surface area contributed by atoms with Crippen LogP contribution >= 0.6 is 0 Å². The van der Waals surface area contributed by atoms with E-state index >= 15 is 0 Å². The van der Waals surface area contributed by atoms with E-state index in [-0.39, 0.29) is 0 Å². The zero-order valence-corrected chi connectivity index (χ0v) is 10.2. The predicted octanol–water partition coefficient (Wildman–Crippen LogP) is 1.21. The largest absolute Gasteiger partial charge is 0.449 e. The first-order valence-electron chi connectivity index (χ1n) is 5.55. The van der Waals surface area contributed by atoms with Gasteiger partial charge in [0.25, 0.3) is 5.91 Å². The molecule has 2 rings (SSSR count). The van der Waals surface area contributed by atoms with Gasteiger partial charge in [-0.05, 0) is 13.0 Å². The lowest BCUT2D eigenvalue weighted by molar-refractivity contribution is -0.125. The molecule has 2 N–H and O–H groups in total. The Labute approximate surface area is 104 Å². The number of ether oxygens (including phenoxy) is 1. The van der Waals surface area contributed by atoms with E-state index in [1.807, 2.05) is 35.9 Å². The number of primary amides is 1. The molecule has 94 valence electrons. The average Bonchev–Trinajstić information content (AvgIpc) is 2.67. The van der Waals surface area contributed by atoms with Crippen molar-refractivity contribution in [2.45, 2.75) is 13.0 Å². The summed E-state index contributed by atoms with van der Waals surface area (Å²) in [6.07, 6.45) is 0.747. The first-order valence-corrected chi connectivity index (χ1v) is 5.55. The molecule has 1 amide bonds. The molecule has 18 heavy (non-hydrogen) atoms. The van der Waals surface area contributed by atoms with E-state index in [1.54, 1.807) is 6.20 Å². The van der Waals surface area contributed by atoms with Crippen molar-refractivity contribution in [2.75, 3.05) is 0 Å². The van der Waals surface area contributed by atoms with Gasteiger partial charge < -0.3 is 15.0 Å². The van der Waals surface area contributed by atoms with Gasteiger partial charge in [0.05, 0.1) is 5.56 Å². The number of carbonyl (C=O) groups is 2. The van der Waals surface area contributed by atoms with Crippen LogP contribution in [0, 0.1) is 0 Å². The van der Waals surface area contributed by atoms with Gasteiger partial charge in [-0.25, -0.2) is 4.79 Å². The van der Waals surface area contributed by atoms with Gasteiger partial charge in [-0.2, -0.15) is 0 Å². The topological polar surface area (TPSA) is 74.3 Å². The van der Waals surface area contributed by atoms with Gasteiger partial charge in [-0.15, -0.1) is 0 Å². The fourth-order valence-corrected chi connectivity index (χ4v) is 1.79. The highest BCUT2D eigenvalue weighted by Crippen LogP contribution is 2.21. The quantitative estimate of drug-likeness (QED) is 0.827.